The standard InChI is InChI=1S/C12H15IO6/c1-11(2)18-8-7-5(4-6(14)16-3)12(13,9(8)19-11)10(15)17-7/h5,7-9H,4H2,1-3H3/t5-,7+,8-,9-,12+/m0/s1. The molecular formula is C12H15IO6. The summed E-state index contributed by atoms with van der Waals surface area (Å²) >= 11 is 2.06. The predicted octanol–water partition coefficient (Wildman–Crippen LogP) is 0.799. The van der Waals surface area contributed by atoms with Crippen molar-refractivity contribution in [2.45, 2.75) is 47.8 Å². The summed E-state index contributed by atoms with van der Waals surface area (Å²) < 4.78 is 20.8. The first-order chi connectivity index (χ1) is 8.79. The molecular weight excluding hydrogens is 367 g/mol. The molecule has 0 amide bonds. The fourth-order valence-electron chi connectivity index (χ4n) is 3.19. The third-order valence-electron chi connectivity index (χ3n) is 3.97. The molecule has 1 saturated carbocycles. The Labute approximate surface area is 124 Å². The molecule has 2 heterocycles. The van der Waals surface area contributed by atoms with Crippen molar-refractivity contribution in [1.29, 1.82) is 0 Å². The lowest BCUT2D eigenvalue weighted by atomic mass is 9.93. The summed E-state index contributed by atoms with van der Waals surface area (Å²) in [7, 11) is 1.33. The lowest BCUT2D eigenvalue weighted by Crippen LogP contribution is -2.48. The van der Waals surface area contributed by atoms with Crippen LogP contribution in [-0.2, 0) is 28.5 Å². The fourth-order valence-corrected chi connectivity index (χ4v) is 4.37. The molecule has 0 unspecified atom stereocenters. The number of alkyl halides is 1. The Morgan fingerprint density at radius 1 is 1.37 bits per heavy atom. The summed E-state index contributed by atoms with van der Waals surface area (Å²) in [6.07, 6.45) is -0.978. The molecule has 3 rings (SSSR count). The maximum absolute atomic E-state index is 12.1. The maximum atomic E-state index is 12.1. The van der Waals surface area contributed by atoms with Crippen LogP contribution in [0.5, 0.6) is 0 Å². The van der Waals surface area contributed by atoms with Crippen LogP contribution in [0.2, 0.25) is 0 Å². The zero-order chi connectivity index (χ0) is 14.0. The Morgan fingerprint density at radius 2 is 2.05 bits per heavy atom. The number of carbonyl (C=O) groups excluding carboxylic acids is 2. The highest BCUT2D eigenvalue weighted by molar-refractivity contribution is 14.1. The molecule has 2 bridgehead atoms. The van der Waals surface area contributed by atoms with Gasteiger partial charge in [-0.3, -0.25) is 9.59 Å². The van der Waals surface area contributed by atoms with E-state index in [9.17, 15) is 9.59 Å². The first kappa shape index (κ1) is 13.6. The minimum Gasteiger partial charge on any atom is -0.469 e. The maximum Gasteiger partial charge on any atom is 0.325 e. The van der Waals surface area contributed by atoms with Crippen molar-refractivity contribution < 1.29 is 28.5 Å². The van der Waals surface area contributed by atoms with Gasteiger partial charge < -0.3 is 18.9 Å². The van der Waals surface area contributed by atoms with Crippen LogP contribution in [-0.4, -0.2) is 46.6 Å². The van der Waals surface area contributed by atoms with Crippen molar-refractivity contribution in [1.82, 2.24) is 0 Å². The SMILES string of the molecule is COC(=O)C[C@H]1[C@H]2OC(=O)[C@]1(I)[C@H]1OC(C)(C)O[C@@H]21. The van der Waals surface area contributed by atoms with E-state index in [1.165, 1.54) is 7.11 Å². The Hall–Kier alpha value is -0.410. The second kappa shape index (κ2) is 4.05. The van der Waals surface area contributed by atoms with Gasteiger partial charge in [0.05, 0.1) is 13.5 Å². The summed E-state index contributed by atoms with van der Waals surface area (Å²) in [6, 6.07) is 0. The molecule has 0 spiro atoms. The Kier molecular flexibility index (Phi) is 2.89. The molecule has 7 heteroatoms. The predicted molar refractivity (Wildman–Crippen MR) is 70.6 cm³/mol. The molecule has 0 N–H and O–H groups in total. The number of halogens is 1. The van der Waals surface area contributed by atoms with Gasteiger partial charge in [-0.1, -0.05) is 22.6 Å². The monoisotopic (exact) mass is 382 g/mol. The van der Waals surface area contributed by atoms with Gasteiger partial charge in [0, 0.05) is 5.92 Å². The minimum absolute atomic E-state index is 0.135. The van der Waals surface area contributed by atoms with Gasteiger partial charge in [0.15, 0.2) is 9.21 Å². The summed E-state index contributed by atoms with van der Waals surface area (Å²) in [5.41, 5.74) is 0. The van der Waals surface area contributed by atoms with Gasteiger partial charge in [0.1, 0.15) is 18.3 Å². The van der Waals surface area contributed by atoms with Gasteiger partial charge in [-0.2, -0.15) is 0 Å². The fraction of sp³-hybridized carbons (Fsp3) is 0.833. The van der Waals surface area contributed by atoms with Crippen molar-refractivity contribution in [2.24, 2.45) is 5.92 Å². The second-order valence-electron chi connectivity index (χ2n) is 5.55. The van der Waals surface area contributed by atoms with Crippen molar-refractivity contribution in [3.8, 4) is 0 Å². The number of rotatable bonds is 2. The Bertz CT molecular complexity index is 450. The lowest BCUT2D eigenvalue weighted by Gasteiger charge is -2.27. The first-order valence-electron chi connectivity index (χ1n) is 6.12. The molecule has 3 fully saturated rings. The van der Waals surface area contributed by atoms with Crippen LogP contribution in [0.1, 0.15) is 20.3 Å². The number of ether oxygens (including phenoxy) is 4. The van der Waals surface area contributed by atoms with Gasteiger partial charge >= 0.3 is 11.9 Å². The van der Waals surface area contributed by atoms with Gasteiger partial charge in [0.2, 0.25) is 0 Å². The molecule has 3 aliphatic rings. The van der Waals surface area contributed by atoms with Crippen LogP contribution in [0.25, 0.3) is 0 Å². The first-order valence-corrected chi connectivity index (χ1v) is 7.20. The molecule has 0 aromatic carbocycles. The van der Waals surface area contributed by atoms with Crippen molar-refractivity contribution >= 4 is 34.5 Å². The quantitative estimate of drug-likeness (QED) is 0.400. The van der Waals surface area contributed by atoms with E-state index < -0.39 is 15.3 Å². The molecule has 19 heavy (non-hydrogen) atoms. The van der Waals surface area contributed by atoms with Gasteiger partial charge in [0.25, 0.3) is 0 Å². The van der Waals surface area contributed by atoms with E-state index in [2.05, 4.69) is 27.3 Å². The van der Waals surface area contributed by atoms with Crippen LogP contribution >= 0.6 is 22.6 Å². The third kappa shape index (κ3) is 1.74. The molecule has 6 nitrogen and oxygen atoms in total. The van der Waals surface area contributed by atoms with Crippen LogP contribution in [0.15, 0.2) is 0 Å². The van der Waals surface area contributed by atoms with E-state index in [0.717, 1.165) is 0 Å². The van der Waals surface area contributed by atoms with E-state index >= 15 is 0 Å². The highest BCUT2D eigenvalue weighted by Crippen LogP contribution is 2.58. The minimum atomic E-state index is -0.866. The zero-order valence-corrected chi connectivity index (χ0v) is 13.0. The van der Waals surface area contributed by atoms with Crippen molar-refractivity contribution in [3.63, 3.8) is 0 Å². The van der Waals surface area contributed by atoms with Crippen LogP contribution in [0.4, 0.5) is 0 Å². The number of methoxy groups -OCH3 is 1. The Morgan fingerprint density at radius 3 is 2.68 bits per heavy atom. The average Bonchev–Trinajstić information content (AvgIpc) is 2.84. The summed E-state index contributed by atoms with van der Waals surface area (Å²) in [5, 5.41) is 0. The molecule has 1 aliphatic carbocycles. The van der Waals surface area contributed by atoms with Gasteiger partial charge in [-0.25, -0.2) is 0 Å². The molecule has 5 atom stereocenters. The number of carbonyl (C=O) groups is 2. The molecule has 2 saturated heterocycles. The zero-order valence-electron chi connectivity index (χ0n) is 10.8. The highest BCUT2D eigenvalue weighted by atomic mass is 127. The van der Waals surface area contributed by atoms with Gasteiger partial charge in [-0.15, -0.1) is 0 Å². The van der Waals surface area contributed by atoms with Crippen molar-refractivity contribution in [3.05, 3.63) is 0 Å². The summed E-state index contributed by atoms with van der Waals surface area (Å²) in [5.74, 6) is -1.67. The highest BCUT2D eigenvalue weighted by Gasteiger charge is 2.75. The number of fused-ring (bicyclic) bond motifs is 5. The molecule has 0 aromatic rings. The molecule has 0 radical (unpaired) electrons. The van der Waals surface area contributed by atoms with Crippen LogP contribution < -0.4 is 0 Å². The average molecular weight is 382 g/mol. The molecule has 0 aromatic heterocycles. The van der Waals surface area contributed by atoms with E-state index in [1.54, 1.807) is 0 Å². The Balaban J connectivity index is 1.91. The number of esters is 2. The lowest BCUT2D eigenvalue weighted by molar-refractivity contribution is -0.165. The molecule has 106 valence electrons. The van der Waals surface area contributed by atoms with E-state index in [0.29, 0.717) is 0 Å². The normalized spacial score (nSPS) is 46.0. The third-order valence-corrected chi connectivity index (χ3v) is 5.83. The number of hydrogen-bond acceptors (Lipinski definition) is 6. The van der Waals surface area contributed by atoms with Crippen LogP contribution in [0, 0.1) is 5.92 Å². The largest absolute Gasteiger partial charge is 0.469 e. The van der Waals surface area contributed by atoms with Gasteiger partial charge in [-0.05, 0) is 13.8 Å². The second-order valence-corrected chi connectivity index (χ2v) is 7.33. The van der Waals surface area contributed by atoms with E-state index in [1.807, 2.05) is 13.8 Å². The number of hydrogen-bond donors (Lipinski definition) is 0. The smallest absolute Gasteiger partial charge is 0.325 e. The van der Waals surface area contributed by atoms with Crippen LogP contribution in [0.3, 0.4) is 0 Å². The van der Waals surface area contributed by atoms with E-state index in [4.69, 9.17) is 14.2 Å². The summed E-state index contributed by atoms with van der Waals surface area (Å²) in [6.45, 7) is 3.62. The molecule has 2 aliphatic heterocycles. The van der Waals surface area contributed by atoms with E-state index in [-0.39, 0.29) is 36.5 Å². The summed E-state index contributed by atoms with van der Waals surface area (Å²) in [4.78, 5) is 23.6. The van der Waals surface area contributed by atoms with Crippen molar-refractivity contribution in [2.75, 3.05) is 7.11 Å². The topological polar surface area (TPSA) is 71.1 Å².